The molecule has 0 aliphatic heterocycles. The summed E-state index contributed by atoms with van der Waals surface area (Å²) in [5, 5.41) is 8.76. The highest BCUT2D eigenvalue weighted by Gasteiger charge is 2.15. The third kappa shape index (κ3) is 2.22. The van der Waals surface area contributed by atoms with Gasteiger partial charge in [0.1, 0.15) is 0 Å². The smallest absolute Gasteiger partial charge is 0.310 e. The van der Waals surface area contributed by atoms with E-state index in [0.29, 0.717) is 0 Å². The fourth-order valence-electron chi connectivity index (χ4n) is 1.31. The van der Waals surface area contributed by atoms with Crippen LogP contribution >= 0.6 is 0 Å². The van der Waals surface area contributed by atoms with Crippen molar-refractivity contribution in [2.45, 2.75) is 26.2 Å². The minimum atomic E-state index is -0.725. The minimum Gasteiger partial charge on any atom is -0.481 e. The van der Waals surface area contributed by atoms with Crippen LogP contribution in [0.15, 0.2) is 23.8 Å². The van der Waals surface area contributed by atoms with Crippen molar-refractivity contribution in [3.05, 3.63) is 23.8 Å². The van der Waals surface area contributed by atoms with E-state index in [2.05, 4.69) is 6.08 Å². The van der Waals surface area contributed by atoms with Crippen LogP contribution < -0.4 is 0 Å². The Kier molecular flexibility index (Phi) is 3.09. The molecule has 1 unspecified atom stereocenters. The number of carboxylic acids is 1. The molecule has 0 saturated heterocycles. The number of aliphatic carboxylic acids is 1. The maximum atomic E-state index is 10.6. The third-order valence-electron chi connectivity index (χ3n) is 2.21. The van der Waals surface area contributed by atoms with Gasteiger partial charge in [-0.3, -0.25) is 4.79 Å². The maximum Gasteiger partial charge on any atom is 0.310 e. The normalized spacial score (nSPS) is 19.6. The molecule has 1 rings (SSSR count). The first kappa shape index (κ1) is 9.04. The second-order valence-corrected chi connectivity index (χ2v) is 3.12. The molecular weight excluding hydrogens is 152 g/mol. The summed E-state index contributed by atoms with van der Waals surface area (Å²) in [5.41, 5.74) is 1.04. The van der Waals surface area contributed by atoms with E-state index in [0.717, 1.165) is 24.8 Å². The largest absolute Gasteiger partial charge is 0.481 e. The lowest BCUT2D eigenvalue weighted by Crippen LogP contribution is -2.11. The molecule has 0 bridgehead atoms. The van der Waals surface area contributed by atoms with Crippen molar-refractivity contribution in [3.8, 4) is 0 Å². The first-order chi connectivity index (χ1) is 5.72. The van der Waals surface area contributed by atoms with Gasteiger partial charge in [-0.1, -0.05) is 23.8 Å². The highest BCUT2D eigenvalue weighted by atomic mass is 16.4. The summed E-state index contributed by atoms with van der Waals surface area (Å²) in [5.74, 6) is -1.05. The Labute approximate surface area is 72.6 Å². The number of hydrogen-bond acceptors (Lipinski definition) is 1. The lowest BCUT2D eigenvalue weighted by molar-refractivity contribution is -0.139. The van der Waals surface area contributed by atoms with Crippen molar-refractivity contribution in [2.24, 2.45) is 5.92 Å². The predicted octanol–water partition coefficient (Wildman–Crippen LogP) is 2.37. The molecule has 1 N–H and O–H groups in total. The van der Waals surface area contributed by atoms with E-state index in [-0.39, 0.29) is 5.92 Å². The first-order valence-corrected chi connectivity index (χ1v) is 4.30. The van der Waals surface area contributed by atoms with E-state index in [1.807, 2.05) is 12.2 Å². The van der Waals surface area contributed by atoms with Gasteiger partial charge in [-0.2, -0.15) is 0 Å². The SMILES string of the molecule is CC(C(=O)O)C1=CC=CCCC1. The van der Waals surface area contributed by atoms with Gasteiger partial charge in [0.25, 0.3) is 0 Å². The highest BCUT2D eigenvalue weighted by Crippen LogP contribution is 2.20. The standard InChI is InChI=1S/C10H14O2/c1-8(10(11)12)9-6-4-2-3-5-7-9/h2,4,6,8H,3,5,7H2,1H3,(H,11,12). The zero-order valence-corrected chi connectivity index (χ0v) is 7.29. The van der Waals surface area contributed by atoms with Crippen LogP contribution in [0.5, 0.6) is 0 Å². The Bertz CT molecular complexity index is 226. The molecular formula is C10H14O2. The van der Waals surface area contributed by atoms with Gasteiger partial charge in [0.15, 0.2) is 0 Å². The molecule has 1 atom stereocenters. The van der Waals surface area contributed by atoms with Gasteiger partial charge in [-0.15, -0.1) is 0 Å². The third-order valence-corrected chi connectivity index (χ3v) is 2.21. The van der Waals surface area contributed by atoms with Crippen molar-refractivity contribution in [1.29, 1.82) is 0 Å². The van der Waals surface area contributed by atoms with Crippen LogP contribution in [0.25, 0.3) is 0 Å². The van der Waals surface area contributed by atoms with E-state index in [9.17, 15) is 4.79 Å². The van der Waals surface area contributed by atoms with Crippen LogP contribution in [-0.2, 0) is 4.79 Å². The summed E-state index contributed by atoms with van der Waals surface area (Å²) in [6.07, 6.45) is 9.03. The summed E-state index contributed by atoms with van der Waals surface area (Å²) in [6.45, 7) is 1.74. The minimum absolute atomic E-state index is 0.326. The van der Waals surface area contributed by atoms with Crippen molar-refractivity contribution in [2.75, 3.05) is 0 Å². The Morgan fingerprint density at radius 3 is 3.08 bits per heavy atom. The molecule has 0 spiro atoms. The maximum absolute atomic E-state index is 10.6. The monoisotopic (exact) mass is 166 g/mol. The van der Waals surface area contributed by atoms with Gasteiger partial charge >= 0.3 is 5.97 Å². The average molecular weight is 166 g/mol. The Morgan fingerprint density at radius 1 is 1.67 bits per heavy atom. The predicted molar refractivity (Wildman–Crippen MR) is 47.9 cm³/mol. The Morgan fingerprint density at radius 2 is 2.42 bits per heavy atom. The molecule has 0 aromatic carbocycles. The van der Waals surface area contributed by atoms with E-state index >= 15 is 0 Å². The number of carbonyl (C=O) groups is 1. The van der Waals surface area contributed by atoms with Crippen molar-refractivity contribution in [3.63, 3.8) is 0 Å². The number of rotatable bonds is 2. The highest BCUT2D eigenvalue weighted by molar-refractivity contribution is 5.73. The molecule has 0 fully saturated rings. The van der Waals surface area contributed by atoms with Gasteiger partial charge < -0.3 is 5.11 Å². The van der Waals surface area contributed by atoms with Gasteiger partial charge in [-0.25, -0.2) is 0 Å². The summed E-state index contributed by atoms with van der Waals surface area (Å²) in [6, 6.07) is 0. The van der Waals surface area contributed by atoms with Crippen LogP contribution in [0, 0.1) is 5.92 Å². The fourth-order valence-corrected chi connectivity index (χ4v) is 1.31. The zero-order chi connectivity index (χ0) is 8.97. The zero-order valence-electron chi connectivity index (χ0n) is 7.29. The van der Waals surface area contributed by atoms with Gasteiger partial charge in [0.2, 0.25) is 0 Å². The molecule has 0 amide bonds. The topological polar surface area (TPSA) is 37.3 Å². The summed E-state index contributed by atoms with van der Waals surface area (Å²) < 4.78 is 0. The fraction of sp³-hybridized carbons (Fsp3) is 0.500. The molecule has 0 aromatic heterocycles. The molecule has 2 heteroatoms. The summed E-state index contributed by atoms with van der Waals surface area (Å²) in [7, 11) is 0. The molecule has 2 nitrogen and oxygen atoms in total. The molecule has 0 aromatic rings. The number of allylic oxidation sites excluding steroid dienone is 3. The molecule has 0 saturated carbocycles. The van der Waals surface area contributed by atoms with Crippen LogP contribution in [-0.4, -0.2) is 11.1 Å². The summed E-state index contributed by atoms with van der Waals surface area (Å²) in [4.78, 5) is 10.6. The summed E-state index contributed by atoms with van der Waals surface area (Å²) >= 11 is 0. The number of carboxylic acid groups (broad SMARTS) is 1. The lowest BCUT2D eigenvalue weighted by atomic mass is 9.97. The van der Waals surface area contributed by atoms with Crippen LogP contribution in [0.4, 0.5) is 0 Å². The van der Waals surface area contributed by atoms with E-state index in [4.69, 9.17) is 5.11 Å². The second kappa shape index (κ2) is 4.10. The van der Waals surface area contributed by atoms with Crippen molar-refractivity contribution >= 4 is 5.97 Å². The first-order valence-electron chi connectivity index (χ1n) is 4.30. The Hall–Kier alpha value is -1.05. The van der Waals surface area contributed by atoms with Gasteiger partial charge in [-0.05, 0) is 26.2 Å². The van der Waals surface area contributed by atoms with E-state index in [1.165, 1.54) is 0 Å². The van der Waals surface area contributed by atoms with Gasteiger partial charge in [0, 0.05) is 0 Å². The molecule has 0 radical (unpaired) electrons. The molecule has 12 heavy (non-hydrogen) atoms. The molecule has 1 aliphatic rings. The lowest BCUT2D eigenvalue weighted by Gasteiger charge is -2.09. The number of hydrogen-bond donors (Lipinski definition) is 1. The van der Waals surface area contributed by atoms with E-state index in [1.54, 1.807) is 6.92 Å². The molecule has 1 aliphatic carbocycles. The van der Waals surface area contributed by atoms with Gasteiger partial charge in [0.05, 0.1) is 5.92 Å². The van der Waals surface area contributed by atoms with Crippen LogP contribution in [0.3, 0.4) is 0 Å². The molecule has 0 heterocycles. The van der Waals surface area contributed by atoms with Crippen molar-refractivity contribution < 1.29 is 9.90 Å². The Balaban J connectivity index is 2.66. The van der Waals surface area contributed by atoms with E-state index < -0.39 is 5.97 Å². The van der Waals surface area contributed by atoms with Crippen LogP contribution in [0.2, 0.25) is 0 Å². The van der Waals surface area contributed by atoms with Crippen LogP contribution in [0.1, 0.15) is 26.2 Å². The second-order valence-electron chi connectivity index (χ2n) is 3.12. The average Bonchev–Trinajstić information content (AvgIpc) is 2.30. The molecule has 66 valence electrons. The quantitative estimate of drug-likeness (QED) is 0.683. The van der Waals surface area contributed by atoms with Crippen molar-refractivity contribution in [1.82, 2.24) is 0 Å².